The Morgan fingerprint density at radius 1 is 1.33 bits per heavy atom. The van der Waals surface area contributed by atoms with Crippen molar-refractivity contribution < 1.29 is 8.42 Å². The van der Waals surface area contributed by atoms with E-state index >= 15 is 0 Å². The zero-order valence-electron chi connectivity index (χ0n) is 11.7. The number of hydrogen-bond donors (Lipinski definition) is 2. The summed E-state index contributed by atoms with van der Waals surface area (Å²) in [5, 5.41) is 0.307. The van der Waals surface area contributed by atoms with Crippen molar-refractivity contribution in [2.75, 3.05) is 12.3 Å². The third kappa shape index (κ3) is 4.58. The van der Waals surface area contributed by atoms with Crippen LogP contribution in [0.3, 0.4) is 0 Å². The van der Waals surface area contributed by atoms with E-state index in [0.29, 0.717) is 21.7 Å². The van der Waals surface area contributed by atoms with Crippen molar-refractivity contribution in [3.05, 3.63) is 21.6 Å². The van der Waals surface area contributed by atoms with Gasteiger partial charge in [-0.25, -0.2) is 13.1 Å². The summed E-state index contributed by atoms with van der Waals surface area (Å²) in [6.45, 7) is 0.442. The van der Waals surface area contributed by atoms with Gasteiger partial charge in [-0.2, -0.15) is 0 Å². The SMILES string of the molecule is Nc1cc(Cl)cc(S(=O)(=O)NCCCC2CCCC2)c1Br. The monoisotopic (exact) mass is 394 g/mol. The molecule has 1 aliphatic rings. The van der Waals surface area contributed by atoms with E-state index in [0.717, 1.165) is 18.8 Å². The molecular formula is C14H20BrClN2O2S. The first kappa shape index (κ1) is 17.1. The van der Waals surface area contributed by atoms with Crippen LogP contribution in [-0.2, 0) is 10.0 Å². The van der Waals surface area contributed by atoms with Gasteiger partial charge in [0.25, 0.3) is 0 Å². The summed E-state index contributed by atoms with van der Waals surface area (Å²) in [5.74, 6) is 0.767. The second-order valence-electron chi connectivity index (χ2n) is 5.50. The first-order valence-corrected chi connectivity index (χ1v) is 9.80. The smallest absolute Gasteiger partial charge is 0.241 e. The van der Waals surface area contributed by atoms with Gasteiger partial charge in [-0.15, -0.1) is 0 Å². The number of nitrogens with two attached hydrogens (primary N) is 1. The van der Waals surface area contributed by atoms with Crippen LogP contribution in [0, 0.1) is 5.92 Å². The van der Waals surface area contributed by atoms with Gasteiger partial charge in [0.15, 0.2) is 0 Å². The van der Waals surface area contributed by atoms with Gasteiger partial charge in [-0.1, -0.05) is 37.3 Å². The minimum absolute atomic E-state index is 0.0911. The summed E-state index contributed by atoms with van der Waals surface area (Å²) < 4.78 is 27.6. The molecule has 21 heavy (non-hydrogen) atoms. The highest BCUT2D eigenvalue weighted by molar-refractivity contribution is 9.10. The third-order valence-corrected chi connectivity index (χ3v) is 6.73. The number of nitrogens with one attached hydrogen (secondary N) is 1. The summed E-state index contributed by atoms with van der Waals surface area (Å²) in [7, 11) is -3.59. The number of rotatable bonds is 6. The molecule has 1 aromatic carbocycles. The van der Waals surface area contributed by atoms with Crippen LogP contribution in [0.1, 0.15) is 38.5 Å². The van der Waals surface area contributed by atoms with E-state index in [-0.39, 0.29) is 4.90 Å². The molecule has 0 bridgehead atoms. The second kappa shape index (κ2) is 7.31. The second-order valence-corrected chi connectivity index (χ2v) is 8.46. The van der Waals surface area contributed by atoms with Crippen molar-refractivity contribution in [3.8, 4) is 0 Å². The van der Waals surface area contributed by atoms with E-state index < -0.39 is 10.0 Å². The van der Waals surface area contributed by atoms with Crippen LogP contribution < -0.4 is 10.5 Å². The Bertz CT molecular complexity index is 601. The minimum Gasteiger partial charge on any atom is -0.398 e. The van der Waals surface area contributed by atoms with Crippen molar-refractivity contribution in [3.63, 3.8) is 0 Å². The molecule has 0 amide bonds. The maximum Gasteiger partial charge on any atom is 0.241 e. The number of anilines is 1. The molecule has 0 aliphatic heterocycles. The van der Waals surface area contributed by atoms with Crippen LogP contribution in [-0.4, -0.2) is 15.0 Å². The highest BCUT2D eigenvalue weighted by atomic mass is 79.9. The highest BCUT2D eigenvalue weighted by Crippen LogP contribution is 2.31. The number of sulfonamides is 1. The average Bonchev–Trinajstić information content (AvgIpc) is 2.92. The molecule has 7 heteroatoms. The van der Waals surface area contributed by atoms with Gasteiger partial charge in [0.05, 0.1) is 9.37 Å². The predicted molar refractivity (Wildman–Crippen MR) is 89.9 cm³/mol. The third-order valence-electron chi connectivity index (χ3n) is 3.88. The number of benzene rings is 1. The largest absolute Gasteiger partial charge is 0.398 e. The van der Waals surface area contributed by atoms with Crippen molar-refractivity contribution in [1.29, 1.82) is 0 Å². The Labute approximate surface area is 139 Å². The van der Waals surface area contributed by atoms with E-state index in [2.05, 4.69) is 20.7 Å². The number of halogens is 2. The van der Waals surface area contributed by atoms with Crippen LogP contribution in [0.2, 0.25) is 5.02 Å². The molecule has 0 heterocycles. The molecule has 1 aliphatic carbocycles. The fourth-order valence-electron chi connectivity index (χ4n) is 2.75. The van der Waals surface area contributed by atoms with Crippen molar-refractivity contribution in [1.82, 2.24) is 4.72 Å². The van der Waals surface area contributed by atoms with E-state index in [9.17, 15) is 8.42 Å². The van der Waals surface area contributed by atoms with Crippen molar-refractivity contribution in [2.45, 2.75) is 43.4 Å². The quantitative estimate of drug-likeness (QED) is 0.566. The Hall–Kier alpha value is -0.300. The summed E-state index contributed by atoms with van der Waals surface area (Å²) in [6, 6.07) is 2.92. The molecule has 0 radical (unpaired) electrons. The summed E-state index contributed by atoms with van der Waals surface area (Å²) in [4.78, 5) is 0.0911. The molecule has 3 N–H and O–H groups in total. The zero-order chi connectivity index (χ0) is 15.5. The molecule has 4 nitrogen and oxygen atoms in total. The Balaban J connectivity index is 1.95. The Morgan fingerprint density at radius 2 is 2.00 bits per heavy atom. The molecule has 0 saturated heterocycles. The minimum atomic E-state index is -3.59. The van der Waals surface area contributed by atoms with Gasteiger partial charge >= 0.3 is 0 Å². The summed E-state index contributed by atoms with van der Waals surface area (Å²) in [5.41, 5.74) is 6.05. The van der Waals surface area contributed by atoms with E-state index in [1.807, 2.05) is 0 Å². The molecule has 0 spiro atoms. The Kier molecular flexibility index (Phi) is 5.94. The molecule has 2 rings (SSSR count). The molecule has 0 aromatic heterocycles. The molecule has 118 valence electrons. The number of hydrogen-bond acceptors (Lipinski definition) is 3. The molecule has 1 fully saturated rings. The standard InChI is InChI=1S/C14H20BrClN2O2S/c15-14-12(17)8-11(16)9-13(14)21(19,20)18-7-3-6-10-4-1-2-5-10/h8-10,18H,1-7,17H2. The summed E-state index contributed by atoms with van der Waals surface area (Å²) in [6.07, 6.45) is 7.13. The average molecular weight is 396 g/mol. The predicted octanol–water partition coefficient (Wildman–Crippen LogP) is 3.93. The van der Waals surface area contributed by atoms with Crippen molar-refractivity contribution in [2.24, 2.45) is 5.92 Å². The van der Waals surface area contributed by atoms with Crippen LogP contribution in [0.25, 0.3) is 0 Å². The lowest BCUT2D eigenvalue weighted by Crippen LogP contribution is -2.25. The molecule has 1 aromatic rings. The van der Waals surface area contributed by atoms with E-state index in [1.54, 1.807) is 0 Å². The van der Waals surface area contributed by atoms with Gasteiger partial charge in [0.2, 0.25) is 10.0 Å². The lowest BCUT2D eigenvalue weighted by molar-refractivity contribution is 0.480. The van der Waals surface area contributed by atoms with E-state index in [1.165, 1.54) is 37.8 Å². The topological polar surface area (TPSA) is 72.2 Å². The Morgan fingerprint density at radius 3 is 2.67 bits per heavy atom. The molecule has 1 saturated carbocycles. The van der Waals surface area contributed by atoms with Gasteiger partial charge in [0, 0.05) is 17.3 Å². The summed E-state index contributed by atoms with van der Waals surface area (Å²) >= 11 is 9.09. The number of nitrogen functional groups attached to an aromatic ring is 1. The van der Waals surface area contributed by atoms with Gasteiger partial charge in [-0.05, 0) is 46.8 Å². The first-order valence-electron chi connectivity index (χ1n) is 7.14. The van der Waals surface area contributed by atoms with Gasteiger partial charge in [-0.3, -0.25) is 0 Å². The van der Waals surface area contributed by atoms with Crippen LogP contribution >= 0.6 is 27.5 Å². The zero-order valence-corrected chi connectivity index (χ0v) is 14.9. The normalized spacial score (nSPS) is 16.5. The lowest BCUT2D eigenvalue weighted by atomic mass is 10.0. The van der Waals surface area contributed by atoms with Gasteiger partial charge < -0.3 is 5.73 Å². The molecular weight excluding hydrogens is 376 g/mol. The first-order chi connectivity index (χ1) is 9.90. The van der Waals surface area contributed by atoms with Gasteiger partial charge in [0.1, 0.15) is 0 Å². The lowest BCUT2D eigenvalue weighted by Gasteiger charge is -2.12. The molecule has 0 unspecified atom stereocenters. The highest BCUT2D eigenvalue weighted by Gasteiger charge is 2.20. The van der Waals surface area contributed by atoms with Crippen molar-refractivity contribution >= 4 is 43.2 Å². The fraction of sp³-hybridized carbons (Fsp3) is 0.571. The van der Waals surface area contributed by atoms with Crippen LogP contribution in [0.5, 0.6) is 0 Å². The maximum atomic E-state index is 12.3. The maximum absolute atomic E-state index is 12.3. The molecule has 0 atom stereocenters. The van der Waals surface area contributed by atoms with Crippen LogP contribution in [0.15, 0.2) is 21.5 Å². The van der Waals surface area contributed by atoms with Crippen LogP contribution in [0.4, 0.5) is 5.69 Å². The fourth-order valence-corrected chi connectivity index (χ4v) is 5.12. The van der Waals surface area contributed by atoms with E-state index in [4.69, 9.17) is 17.3 Å².